The zero-order chi connectivity index (χ0) is 15.6. The van der Waals surface area contributed by atoms with Crippen molar-refractivity contribution in [3.63, 3.8) is 0 Å². The average Bonchev–Trinajstić information content (AvgIpc) is 2.87. The summed E-state index contributed by atoms with van der Waals surface area (Å²) < 4.78 is 22.4. The zero-order valence-electron chi connectivity index (χ0n) is 12.6. The Morgan fingerprint density at radius 3 is 2.71 bits per heavy atom. The number of hydrogen-bond acceptors (Lipinski definition) is 4. The Labute approximate surface area is 125 Å². The summed E-state index contributed by atoms with van der Waals surface area (Å²) in [6.07, 6.45) is 3.32. The van der Waals surface area contributed by atoms with Crippen LogP contribution >= 0.6 is 0 Å². The number of imidazole rings is 1. The SMILES string of the molecule is Cc1ccc(C)c(-c2cnc(C(N)CCS(C)(=O)=O)[nH]2)c1. The summed E-state index contributed by atoms with van der Waals surface area (Å²) in [5, 5.41) is 0. The van der Waals surface area contributed by atoms with Crippen molar-refractivity contribution < 1.29 is 8.42 Å². The van der Waals surface area contributed by atoms with Gasteiger partial charge >= 0.3 is 0 Å². The number of nitrogens with zero attached hydrogens (tertiary/aromatic N) is 1. The number of nitrogens with one attached hydrogen (secondary N) is 1. The molecule has 0 aliphatic heterocycles. The van der Waals surface area contributed by atoms with Crippen molar-refractivity contribution in [1.82, 2.24) is 9.97 Å². The Bertz CT molecular complexity index is 735. The maximum Gasteiger partial charge on any atom is 0.147 e. The molecule has 0 saturated carbocycles. The Morgan fingerprint density at radius 2 is 2.05 bits per heavy atom. The lowest BCUT2D eigenvalue weighted by Crippen LogP contribution is -2.16. The highest BCUT2D eigenvalue weighted by Gasteiger charge is 2.14. The molecular weight excluding hydrogens is 286 g/mol. The van der Waals surface area contributed by atoms with Crippen LogP contribution in [0.25, 0.3) is 11.3 Å². The summed E-state index contributed by atoms with van der Waals surface area (Å²) in [6.45, 7) is 4.08. The topological polar surface area (TPSA) is 88.8 Å². The predicted molar refractivity (Wildman–Crippen MR) is 84.8 cm³/mol. The minimum Gasteiger partial charge on any atom is -0.341 e. The predicted octanol–water partition coefficient (Wildman–Crippen LogP) is 2.13. The fourth-order valence-electron chi connectivity index (χ4n) is 2.17. The van der Waals surface area contributed by atoms with Crippen molar-refractivity contribution in [2.45, 2.75) is 26.3 Å². The maximum absolute atomic E-state index is 11.2. The van der Waals surface area contributed by atoms with E-state index in [2.05, 4.69) is 28.2 Å². The molecule has 1 unspecified atom stereocenters. The number of aromatic nitrogens is 2. The molecule has 6 heteroatoms. The van der Waals surface area contributed by atoms with Crippen molar-refractivity contribution in [2.75, 3.05) is 12.0 Å². The van der Waals surface area contributed by atoms with Gasteiger partial charge in [0.25, 0.3) is 0 Å². The van der Waals surface area contributed by atoms with E-state index in [1.54, 1.807) is 6.20 Å². The lowest BCUT2D eigenvalue weighted by Gasteiger charge is -2.08. The lowest BCUT2D eigenvalue weighted by molar-refractivity contribution is 0.588. The van der Waals surface area contributed by atoms with E-state index in [0.717, 1.165) is 16.8 Å². The second kappa shape index (κ2) is 5.99. The molecule has 0 radical (unpaired) electrons. The van der Waals surface area contributed by atoms with E-state index in [4.69, 9.17) is 5.73 Å². The van der Waals surface area contributed by atoms with Gasteiger partial charge in [0.1, 0.15) is 15.7 Å². The van der Waals surface area contributed by atoms with Gasteiger partial charge in [0.15, 0.2) is 0 Å². The van der Waals surface area contributed by atoms with Crippen LogP contribution in [0.15, 0.2) is 24.4 Å². The van der Waals surface area contributed by atoms with Crippen LogP contribution in [0.3, 0.4) is 0 Å². The molecule has 2 aromatic rings. The van der Waals surface area contributed by atoms with Crippen LogP contribution in [0.5, 0.6) is 0 Å². The summed E-state index contributed by atoms with van der Waals surface area (Å²) in [5.74, 6) is 0.683. The second-order valence-electron chi connectivity index (χ2n) is 5.53. The molecule has 21 heavy (non-hydrogen) atoms. The molecule has 3 N–H and O–H groups in total. The van der Waals surface area contributed by atoms with Crippen LogP contribution in [0.1, 0.15) is 29.4 Å². The third-order valence-electron chi connectivity index (χ3n) is 3.43. The molecule has 114 valence electrons. The smallest absolute Gasteiger partial charge is 0.147 e. The monoisotopic (exact) mass is 307 g/mol. The van der Waals surface area contributed by atoms with Gasteiger partial charge in [-0.15, -0.1) is 0 Å². The van der Waals surface area contributed by atoms with Crippen LogP contribution in [-0.4, -0.2) is 30.4 Å². The molecule has 1 aromatic carbocycles. The molecule has 0 aliphatic carbocycles. The number of nitrogens with two attached hydrogens (primary N) is 1. The van der Waals surface area contributed by atoms with Crippen molar-refractivity contribution in [3.8, 4) is 11.3 Å². The van der Waals surface area contributed by atoms with Gasteiger partial charge in [0.05, 0.1) is 23.7 Å². The molecule has 0 fully saturated rings. The van der Waals surface area contributed by atoms with E-state index >= 15 is 0 Å². The highest BCUT2D eigenvalue weighted by Crippen LogP contribution is 2.24. The fraction of sp³-hybridized carbons (Fsp3) is 0.400. The molecule has 1 heterocycles. The van der Waals surface area contributed by atoms with E-state index in [9.17, 15) is 8.42 Å². The minimum absolute atomic E-state index is 0.0632. The fourth-order valence-corrected chi connectivity index (χ4v) is 2.85. The molecule has 0 bridgehead atoms. The third-order valence-corrected chi connectivity index (χ3v) is 4.41. The Morgan fingerprint density at radius 1 is 1.33 bits per heavy atom. The molecule has 0 saturated heterocycles. The highest BCUT2D eigenvalue weighted by atomic mass is 32.2. The van der Waals surface area contributed by atoms with Gasteiger partial charge in [0, 0.05) is 11.8 Å². The highest BCUT2D eigenvalue weighted by molar-refractivity contribution is 7.90. The van der Waals surface area contributed by atoms with Crippen LogP contribution in [-0.2, 0) is 9.84 Å². The van der Waals surface area contributed by atoms with E-state index < -0.39 is 15.9 Å². The molecule has 1 aromatic heterocycles. The summed E-state index contributed by atoms with van der Waals surface area (Å²) in [5.41, 5.74) is 10.3. The number of aryl methyl sites for hydroxylation is 2. The molecule has 0 aliphatic rings. The van der Waals surface area contributed by atoms with Crippen LogP contribution in [0.2, 0.25) is 0 Å². The first kappa shape index (κ1) is 15.7. The van der Waals surface area contributed by atoms with Gasteiger partial charge in [-0.05, 0) is 31.9 Å². The summed E-state index contributed by atoms with van der Waals surface area (Å²) >= 11 is 0. The van der Waals surface area contributed by atoms with Crippen molar-refractivity contribution in [3.05, 3.63) is 41.3 Å². The van der Waals surface area contributed by atoms with E-state index in [-0.39, 0.29) is 5.75 Å². The Hall–Kier alpha value is -1.66. The number of sulfone groups is 1. The van der Waals surface area contributed by atoms with E-state index in [0.29, 0.717) is 12.2 Å². The molecule has 1 atom stereocenters. The minimum atomic E-state index is -3.01. The first-order valence-electron chi connectivity index (χ1n) is 6.82. The summed E-state index contributed by atoms with van der Waals surface area (Å²) in [4.78, 5) is 7.49. The third kappa shape index (κ3) is 4.15. The van der Waals surface area contributed by atoms with Crippen LogP contribution in [0, 0.1) is 13.8 Å². The van der Waals surface area contributed by atoms with Crippen molar-refractivity contribution >= 4 is 9.84 Å². The molecule has 0 amide bonds. The zero-order valence-corrected chi connectivity index (χ0v) is 13.4. The number of H-pyrrole nitrogens is 1. The largest absolute Gasteiger partial charge is 0.341 e. The number of benzene rings is 1. The van der Waals surface area contributed by atoms with E-state index in [1.807, 2.05) is 13.8 Å². The van der Waals surface area contributed by atoms with Crippen molar-refractivity contribution in [2.24, 2.45) is 5.73 Å². The second-order valence-corrected chi connectivity index (χ2v) is 7.79. The molecule has 2 rings (SSSR count). The van der Waals surface area contributed by atoms with Gasteiger partial charge in [-0.25, -0.2) is 13.4 Å². The number of hydrogen-bond donors (Lipinski definition) is 2. The van der Waals surface area contributed by atoms with E-state index in [1.165, 1.54) is 11.8 Å². The lowest BCUT2D eigenvalue weighted by atomic mass is 10.0. The van der Waals surface area contributed by atoms with Crippen molar-refractivity contribution in [1.29, 1.82) is 0 Å². The molecule has 5 nitrogen and oxygen atoms in total. The van der Waals surface area contributed by atoms with Crippen LogP contribution < -0.4 is 5.73 Å². The van der Waals surface area contributed by atoms with Gasteiger partial charge in [-0.2, -0.15) is 0 Å². The average molecular weight is 307 g/mol. The van der Waals surface area contributed by atoms with Crippen LogP contribution in [0.4, 0.5) is 0 Å². The van der Waals surface area contributed by atoms with Gasteiger partial charge in [-0.1, -0.05) is 17.7 Å². The standard InChI is InChI=1S/C15H21N3O2S/c1-10-4-5-11(2)12(8-10)14-9-17-15(18-14)13(16)6-7-21(3,19)20/h4-5,8-9,13H,6-7,16H2,1-3H3,(H,17,18). The number of aromatic amines is 1. The first-order chi connectivity index (χ1) is 9.76. The first-order valence-corrected chi connectivity index (χ1v) is 8.88. The Balaban J connectivity index is 2.19. The number of rotatable bonds is 5. The van der Waals surface area contributed by atoms with Gasteiger partial charge < -0.3 is 10.7 Å². The summed E-state index contributed by atoms with van der Waals surface area (Å²) in [7, 11) is -3.01. The Kier molecular flexibility index (Phi) is 4.49. The quantitative estimate of drug-likeness (QED) is 0.885. The normalized spacial score (nSPS) is 13.3. The maximum atomic E-state index is 11.2. The van der Waals surface area contributed by atoms with Gasteiger partial charge in [-0.3, -0.25) is 0 Å². The summed E-state index contributed by atoms with van der Waals surface area (Å²) in [6, 6.07) is 5.82. The molecule has 0 spiro atoms. The van der Waals surface area contributed by atoms with Gasteiger partial charge in [0.2, 0.25) is 0 Å². The molecular formula is C15H21N3O2S.